The summed E-state index contributed by atoms with van der Waals surface area (Å²) in [5.74, 6) is 4.90. The zero-order valence-electron chi connectivity index (χ0n) is 30.5. The summed E-state index contributed by atoms with van der Waals surface area (Å²) >= 11 is 0. The zero-order chi connectivity index (χ0) is 33.4. The van der Waals surface area contributed by atoms with Crippen LogP contribution in [0.15, 0.2) is 0 Å². The van der Waals surface area contributed by atoms with Gasteiger partial charge in [-0.25, -0.2) is 4.79 Å². The summed E-state index contributed by atoms with van der Waals surface area (Å²) in [5.41, 5.74) is 1.24. The van der Waals surface area contributed by atoms with Crippen molar-refractivity contribution in [3.8, 4) is 0 Å². The highest BCUT2D eigenvalue weighted by Gasteiger charge is 2.84. The first-order chi connectivity index (χ1) is 22.4. The van der Waals surface area contributed by atoms with Crippen molar-refractivity contribution in [3.63, 3.8) is 0 Å². The van der Waals surface area contributed by atoms with E-state index in [1.165, 1.54) is 51.4 Å². The van der Waals surface area contributed by atoms with Crippen molar-refractivity contribution in [3.05, 3.63) is 0 Å². The normalized spacial score (nSPS) is 45.6. The molecule has 1 aliphatic heterocycles. The first kappa shape index (κ1) is 34.1. The van der Waals surface area contributed by atoms with E-state index in [1.807, 2.05) is 12.0 Å². The van der Waals surface area contributed by atoms with Gasteiger partial charge in [-0.2, -0.15) is 0 Å². The molecule has 266 valence electrons. The van der Waals surface area contributed by atoms with E-state index < -0.39 is 0 Å². The van der Waals surface area contributed by atoms with Crippen molar-refractivity contribution in [2.24, 2.45) is 63.1 Å². The maximum atomic E-state index is 12.9. The summed E-state index contributed by atoms with van der Waals surface area (Å²) < 4.78 is 24.7. The number of hydrogen-bond donors (Lipinski definition) is 1. The van der Waals surface area contributed by atoms with Crippen LogP contribution in [0.5, 0.6) is 0 Å². The highest BCUT2D eigenvalue weighted by molar-refractivity contribution is 5.76. The second-order valence-electron chi connectivity index (χ2n) is 18.0. The van der Waals surface area contributed by atoms with Gasteiger partial charge in [0.1, 0.15) is 0 Å². The molecule has 1 heterocycles. The SMILES string of the molecule is CNC(=O)OCCCC(C)C1[C@H](OC)CC2[C@@H]3CCC4C(C)(C)[C@@H](OC5CN(C(=O)CC6CC6)CCO5)CCC45[C@@H](C)[C@@]35CC[C@]12C. The number of methoxy groups -OCH3 is 1. The van der Waals surface area contributed by atoms with Crippen LogP contribution in [0.4, 0.5) is 4.79 Å². The van der Waals surface area contributed by atoms with Crippen molar-refractivity contribution in [1.29, 1.82) is 0 Å². The van der Waals surface area contributed by atoms with E-state index in [9.17, 15) is 9.59 Å². The molecule has 1 saturated heterocycles. The van der Waals surface area contributed by atoms with E-state index in [4.69, 9.17) is 18.9 Å². The fourth-order valence-corrected chi connectivity index (χ4v) is 13.8. The first-order valence-corrected chi connectivity index (χ1v) is 19.4. The van der Waals surface area contributed by atoms with Crippen LogP contribution >= 0.6 is 0 Å². The molecule has 7 fully saturated rings. The van der Waals surface area contributed by atoms with Gasteiger partial charge in [-0.1, -0.05) is 34.6 Å². The monoisotopic (exact) mass is 656 g/mol. The Morgan fingerprint density at radius 2 is 1.81 bits per heavy atom. The van der Waals surface area contributed by atoms with Crippen molar-refractivity contribution < 1.29 is 28.5 Å². The Kier molecular flexibility index (Phi) is 9.02. The van der Waals surface area contributed by atoms with Crippen LogP contribution in [0.25, 0.3) is 0 Å². The molecule has 0 radical (unpaired) electrons. The summed E-state index contributed by atoms with van der Waals surface area (Å²) in [6, 6.07) is 0. The third kappa shape index (κ3) is 5.30. The van der Waals surface area contributed by atoms with Gasteiger partial charge in [-0.15, -0.1) is 0 Å². The lowest BCUT2D eigenvalue weighted by Gasteiger charge is -2.60. The number of morpholine rings is 1. The Morgan fingerprint density at radius 3 is 2.53 bits per heavy atom. The molecule has 0 aromatic carbocycles. The molecule has 0 aromatic rings. The van der Waals surface area contributed by atoms with Gasteiger partial charge in [-0.3, -0.25) is 4.79 Å². The van der Waals surface area contributed by atoms with Crippen molar-refractivity contribution in [2.45, 2.75) is 130 Å². The lowest BCUT2D eigenvalue weighted by atomic mass is 9.46. The zero-order valence-corrected chi connectivity index (χ0v) is 30.5. The van der Waals surface area contributed by atoms with Gasteiger partial charge in [0.05, 0.1) is 32.0 Å². The van der Waals surface area contributed by atoms with Crippen LogP contribution in [0, 0.1) is 63.1 Å². The van der Waals surface area contributed by atoms with Crippen LogP contribution in [0.3, 0.4) is 0 Å². The summed E-state index contributed by atoms with van der Waals surface area (Å²) in [4.78, 5) is 26.5. The molecule has 12 atom stereocenters. The Bertz CT molecular complexity index is 1190. The summed E-state index contributed by atoms with van der Waals surface area (Å²) in [5, 5.41) is 2.56. The number of hydrogen-bond acceptors (Lipinski definition) is 6. The largest absolute Gasteiger partial charge is 0.450 e. The smallest absolute Gasteiger partial charge is 0.406 e. The number of rotatable bonds is 10. The lowest BCUT2D eigenvalue weighted by molar-refractivity contribution is -0.244. The average molecular weight is 657 g/mol. The van der Waals surface area contributed by atoms with Crippen molar-refractivity contribution in [2.75, 3.05) is 40.5 Å². The Labute approximate surface area is 284 Å². The van der Waals surface area contributed by atoms with E-state index in [-0.39, 0.29) is 29.8 Å². The molecular formula is C39H64N2O6. The molecule has 6 unspecified atom stereocenters. The summed E-state index contributed by atoms with van der Waals surface area (Å²) in [6.07, 6.45) is 13.8. The maximum absolute atomic E-state index is 12.9. The Balaban J connectivity index is 1.03. The lowest BCUT2D eigenvalue weighted by Crippen LogP contribution is -2.56. The second-order valence-corrected chi connectivity index (χ2v) is 18.0. The number of ether oxygens (including phenoxy) is 4. The minimum atomic E-state index is -0.339. The third-order valence-electron chi connectivity index (χ3n) is 16.0. The molecule has 0 aromatic heterocycles. The molecular weight excluding hydrogens is 592 g/mol. The average Bonchev–Trinajstić information content (AvgIpc) is 3.93. The van der Waals surface area contributed by atoms with E-state index in [0.717, 1.165) is 31.1 Å². The predicted molar refractivity (Wildman–Crippen MR) is 180 cm³/mol. The number of alkyl carbamates (subject to hydrolysis) is 1. The molecule has 7 rings (SSSR count). The topological polar surface area (TPSA) is 86.3 Å². The standard InChI is InChI=1S/C39H64N2O6/c1-24(9-8-19-46-35(43)40-6)34-29(44-7)22-28-27-12-13-30-36(3,4)31(14-15-39(30)25(2)38(27,39)17-16-37(28,34)5)47-33-23-41(18-20-45-33)32(42)21-26-10-11-26/h24-31,33-34H,8-23H2,1-7H3,(H,40,43)/t24?,25-,27-,28?,29+,30?,31-,33?,34?,37-,38-,39?/m0/s1. The number of carbonyl (C=O) groups is 2. The minimum absolute atomic E-state index is 0.0733. The van der Waals surface area contributed by atoms with Crippen molar-refractivity contribution >= 4 is 12.0 Å². The molecule has 8 heteroatoms. The first-order valence-electron chi connectivity index (χ1n) is 19.4. The molecule has 2 amide bonds. The second kappa shape index (κ2) is 12.4. The Morgan fingerprint density at radius 1 is 1.02 bits per heavy atom. The van der Waals surface area contributed by atoms with E-state index in [1.54, 1.807) is 7.05 Å². The third-order valence-corrected chi connectivity index (χ3v) is 16.0. The number of amides is 2. The molecule has 0 bridgehead atoms. The van der Waals surface area contributed by atoms with Gasteiger partial charge in [0.2, 0.25) is 5.91 Å². The number of carbonyl (C=O) groups excluding carboxylic acids is 2. The molecule has 1 N–H and O–H groups in total. The molecule has 7 aliphatic rings. The van der Waals surface area contributed by atoms with Gasteiger partial charge >= 0.3 is 6.09 Å². The van der Waals surface area contributed by atoms with Crippen molar-refractivity contribution in [1.82, 2.24) is 10.2 Å². The quantitative estimate of drug-likeness (QED) is 0.254. The number of nitrogens with zero attached hydrogens (tertiary/aromatic N) is 1. The molecule has 6 saturated carbocycles. The van der Waals surface area contributed by atoms with E-state index in [2.05, 4.69) is 39.9 Å². The van der Waals surface area contributed by atoms with Crippen LogP contribution in [0.2, 0.25) is 0 Å². The van der Waals surface area contributed by atoms with Crippen LogP contribution in [-0.2, 0) is 23.7 Å². The van der Waals surface area contributed by atoms with Crippen LogP contribution in [0.1, 0.15) is 112 Å². The highest BCUT2D eigenvalue weighted by Crippen LogP contribution is 2.89. The maximum Gasteiger partial charge on any atom is 0.406 e. The van der Waals surface area contributed by atoms with E-state index in [0.29, 0.717) is 84.7 Å². The predicted octanol–water partition coefficient (Wildman–Crippen LogP) is 7.05. The summed E-state index contributed by atoms with van der Waals surface area (Å²) in [7, 11) is 3.55. The molecule has 2 spiro atoms. The Hall–Kier alpha value is -1.38. The highest BCUT2D eigenvalue weighted by atomic mass is 16.7. The van der Waals surface area contributed by atoms with E-state index >= 15 is 0 Å². The summed E-state index contributed by atoms with van der Waals surface area (Å²) in [6.45, 7) is 15.0. The molecule has 8 nitrogen and oxygen atoms in total. The van der Waals surface area contributed by atoms with Crippen LogP contribution < -0.4 is 5.32 Å². The fraction of sp³-hybridized carbons (Fsp3) is 0.949. The minimum Gasteiger partial charge on any atom is -0.450 e. The molecule has 47 heavy (non-hydrogen) atoms. The van der Waals surface area contributed by atoms with Gasteiger partial charge < -0.3 is 29.2 Å². The van der Waals surface area contributed by atoms with Gasteiger partial charge in [0.15, 0.2) is 6.29 Å². The van der Waals surface area contributed by atoms with Gasteiger partial charge in [0, 0.05) is 27.1 Å². The van der Waals surface area contributed by atoms with Gasteiger partial charge in [-0.05, 0) is 134 Å². The number of nitrogens with one attached hydrogen (secondary N) is 1. The fourth-order valence-electron chi connectivity index (χ4n) is 13.8. The van der Waals surface area contributed by atoms with Gasteiger partial charge in [0.25, 0.3) is 0 Å². The van der Waals surface area contributed by atoms with Crippen LogP contribution in [-0.4, -0.2) is 75.9 Å². The molecule has 6 aliphatic carbocycles. The number of fused-ring (bicyclic) bond motifs is 2.